The fourth-order valence-corrected chi connectivity index (χ4v) is 4.59. The first kappa shape index (κ1) is 17.3. The first-order valence-electron chi connectivity index (χ1n) is 8.62. The largest absolute Gasteiger partial charge is 0.771 e. The van der Waals surface area contributed by atoms with E-state index in [4.69, 9.17) is 9.47 Å². The fourth-order valence-electron chi connectivity index (χ4n) is 3.77. The van der Waals surface area contributed by atoms with Gasteiger partial charge in [-0.05, 0) is 48.6 Å². The molecule has 26 heavy (non-hydrogen) atoms. The van der Waals surface area contributed by atoms with Crippen LogP contribution in [0.3, 0.4) is 0 Å². The molecular weight excluding hydrogens is 356 g/mol. The third-order valence-corrected chi connectivity index (χ3v) is 5.95. The number of hydrogen-bond acceptors (Lipinski definition) is 8. The van der Waals surface area contributed by atoms with Crippen molar-refractivity contribution in [2.24, 2.45) is 5.92 Å². The minimum absolute atomic E-state index is 0.0969. The number of rotatable bonds is 5. The summed E-state index contributed by atoms with van der Waals surface area (Å²) in [5.74, 6) is 1.08. The Labute approximate surface area is 154 Å². The topological polar surface area (TPSA) is 90.0 Å². The van der Waals surface area contributed by atoms with E-state index in [0.717, 1.165) is 12.8 Å². The number of piperidine rings is 1. The second kappa shape index (κ2) is 7.65. The summed E-state index contributed by atoms with van der Waals surface area (Å²) in [6, 6.07) is 3.58. The van der Waals surface area contributed by atoms with Crippen LogP contribution in [0.1, 0.15) is 23.8 Å². The van der Waals surface area contributed by atoms with Crippen molar-refractivity contribution in [3.8, 4) is 0 Å². The molecule has 0 aliphatic carbocycles. The monoisotopic (exact) mass is 377 g/mol. The molecular formula is C17H21N4O4S-. The lowest BCUT2D eigenvalue weighted by atomic mass is 9.93. The van der Waals surface area contributed by atoms with Crippen molar-refractivity contribution < 1.29 is 18.2 Å². The molecule has 0 spiro atoms. The van der Waals surface area contributed by atoms with Gasteiger partial charge in [0, 0.05) is 30.7 Å². The van der Waals surface area contributed by atoms with Gasteiger partial charge in [0.1, 0.15) is 12.4 Å². The molecule has 0 bridgehead atoms. The zero-order valence-electron chi connectivity index (χ0n) is 14.2. The summed E-state index contributed by atoms with van der Waals surface area (Å²) in [5.41, 5.74) is 0.711. The van der Waals surface area contributed by atoms with E-state index in [1.54, 1.807) is 24.7 Å². The average molecular weight is 377 g/mol. The van der Waals surface area contributed by atoms with Gasteiger partial charge in [-0.25, -0.2) is 0 Å². The lowest BCUT2D eigenvalue weighted by Gasteiger charge is -2.41. The summed E-state index contributed by atoms with van der Waals surface area (Å²) < 4.78 is 34.3. The van der Waals surface area contributed by atoms with Crippen LogP contribution in [0, 0.1) is 5.92 Å². The lowest BCUT2D eigenvalue weighted by molar-refractivity contribution is 0.0368. The van der Waals surface area contributed by atoms with Gasteiger partial charge in [-0.1, -0.05) is 6.07 Å². The summed E-state index contributed by atoms with van der Waals surface area (Å²) in [4.78, 5) is 8.11. The molecule has 4 heterocycles. The van der Waals surface area contributed by atoms with E-state index < -0.39 is 16.5 Å². The van der Waals surface area contributed by atoms with Gasteiger partial charge in [-0.3, -0.25) is 19.0 Å². The number of likely N-dealkylation sites (tertiary alicyclic amines) is 1. The molecule has 1 N–H and O–H groups in total. The quantitative estimate of drug-likeness (QED) is 0.765. The van der Waals surface area contributed by atoms with Crippen molar-refractivity contribution in [2.75, 3.05) is 19.9 Å². The highest BCUT2D eigenvalue weighted by Crippen LogP contribution is 2.33. The SMILES string of the molecule is O=S([O-])C(c1cccnc1)N1CCC(C2NC=CN2C2=COCO2)CC1. The van der Waals surface area contributed by atoms with E-state index in [0.29, 0.717) is 30.5 Å². The predicted molar refractivity (Wildman–Crippen MR) is 93.2 cm³/mol. The first-order chi connectivity index (χ1) is 12.7. The third-order valence-electron chi connectivity index (χ3n) is 5.02. The van der Waals surface area contributed by atoms with Crippen LogP contribution in [-0.4, -0.2) is 49.6 Å². The van der Waals surface area contributed by atoms with Gasteiger partial charge >= 0.3 is 0 Å². The van der Waals surface area contributed by atoms with Crippen molar-refractivity contribution in [1.29, 1.82) is 0 Å². The van der Waals surface area contributed by atoms with Crippen LogP contribution in [0.5, 0.6) is 0 Å². The van der Waals surface area contributed by atoms with Gasteiger partial charge in [0.25, 0.3) is 0 Å². The number of nitrogens with zero attached hydrogens (tertiary/aromatic N) is 3. The van der Waals surface area contributed by atoms with E-state index in [2.05, 4.69) is 10.3 Å². The second-order valence-corrected chi connectivity index (χ2v) is 7.46. The van der Waals surface area contributed by atoms with E-state index >= 15 is 0 Å². The van der Waals surface area contributed by atoms with Crippen molar-refractivity contribution in [1.82, 2.24) is 20.1 Å². The van der Waals surface area contributed by atoms with Crippen LogP contribution in [0.15, 0.2) is 49.1 Å². The lowest BCUT2D eigenvalue weighted by Crippen LogP contribution is -2.47. The van der Waals surface area contributed by atoms with Crippen molar-refractivity contribution in [3.63, 3.8) is 0 Å². The van der Waals surface area contributed by atoms with Gasteiger partial charge in [0.15, 0.2) is 0 Å². The van der Waals surface area contributed by atoms with Crippen LogP contribution < -0.4 is 5.32 Å². The van der Waals surface area contributed by atoms with Crippen LogP contribution in [-0.2, 0) is 20.6 Å². The standard InChI is InChI=1S/C17H22N4O4S/c22-26(23)17(14-2-1-5-18-10-14)20-7-3-13(4-8-20)16-19-6-9-21(16)15-11-24-12-25-15/h1-2,5-6,9-11,13,16-17,19H,3-4,7-8,12H2,(H,22,23)/p-1. The molecule has 3 aliphatic rings. The number of ether oxygens (including phenoxy) is 2. The zero-order valence-corrected chi connectivity index (χ0v) is 15.0. The van der Waals surface area contributed by atoms with Gasteiger partial charge in [-0.15, -0.1) is 0 Å². The molecule has 3 atom stereocenters. The predicted octanol–water partition coefficient (Wildman–Crippen LogP) is 1.18. The summed E-state index contributed by atoms with van der Waals surface area (Å²) in [6.07, 6.45) is 10.6. The highest BCUT2D eigenvalue weighted by Gasteiger charge is 2.36. The van der Waals surface area contributed by atoms with Crippen LogP contribution in [0.2, 0.25) is 0 Å². The summed E-state index contributed by atoms with van der Waals surface area (Å²) in [5, 5.41) is 2.72. The van der Waals surface area contributed by atoms with Gasteiger partial charge in [0.2, 0.25) is 12.7 Å². The summed E-state index contributed by atoms with van der Waals surface area (Å²) in [7, 11) is 0. The molecule has 1 aromatic heterocycles. The van der Waals surface area contributed by atoms with E-state index in [1.807, 2.05) is 28.3 Å². The average Bonchev–Trinajstić information content (AvgIpc) is 3.34. The highest BCUT2D eigenvalue weighted by atomic mass is 32.2. The Hall–Kier alpha value is -2.10. The fraction of sp³-hybridized carbons (Fsp3) is 0.471. The van der Waals surface area contributed by atoms with Crippen molar-refractivity contribution in [3.05, 3.63) is 54.6 Å². The summed E-state index contributed by atoms with van der Waals surface area (Å²) >= 11 is -2.22. The molecule has 3 aliphatic heterocycles. The molecule has 3 unspecified atom stereocenters. The van der Waals surface area contributed by atoms with Gasteiger partial charge in [-0.2, -0.15) is 0 Å². The molecule has 0 radical (unpaired) electrons. The Morgan fingerprint density at radius 1 is 1.38 bits per heavy atom. The Morgan fingerprint density at radius 2 is 2.23 bits per heavy atom. The Kier molecular flexibility index (Phi) is 5.09. The number of hydrogen-bond donors (Lipinski definition) is 1. The molecule has 140 valence electrons. The Bertz CT molecular complexity index is 706. The third kappa shape index (κ3) is 3.42. The molecule has 0 saturated carbocycles. The Balaban J connectivity index is 1.41. The maximum atomic E-state index is 11.8. The molecule has 0 amide bonds. The van der Waals surface area contributed by atoms with Crippen LogP contribution in [0.4, 0.5) is 0 Å². The number of pyridine rings is 1. The van der Waals surface area contributed by atoms with E-state index in [-0.39, 0.29) is 13.0 Å². The number of nitrogens with one attached hydrogen (secondary N) is 1. The molecule has 9 heteroatoms. The van der Waals surface area contributed by atoms with Crippen molar-refractivity contribution in [2.45, 2.75) is 24.4 Å². The van der Waals surface area contributed by atoms with E-state index in [9.17, 15) is 8.76 Å². The Morgan fingerprint density at radius 3 is 2.88 bits per heavy atom. The molecule has 4 rings (SSSR count). The minimum atomic E-state index is -2.22. The highest BCUT2D eigenvalue weighted by molar-refractivity contribution is 7.79. The summed E-state index contributed by atoms with van der Waals surface area (Å²) in [6.45, 7) is 1.66. The molecule has 0 aromatic carbocycles. The van der Waals surface area contributed by atoms with Gasteiger partial charge < -0.3 is 19.3 Å². The van der Waals surface area contributed by atoms with Crippen LogP contribution >= 0.6 is 0 Å². The molecule has 8 nitrogen and oxygen atoms in total. The molecule has 1 saturated heterocycles. The smallest absolute Gasteiger partial charge is 0.234 e. The van der Waals surface area contributed by atoms with E-state index in [1.165, 1.54) is 0 Å². The van der Waals surface area contributed by atoms with Gasteiger partial charge in [0.05, 0.1) is 5.37 Å². The second-order valence-electron chi connectivity index (χ2n) is 6.49. The van der Waals surface area contributed by atoms with Crippen LogP contribution in [0.25, 0.3) is 0 Å². The normalized spacial score (nSPS) is 26.0. The minimum Gasteiger partial charge on any atom is -0.771 e. The zero-order chi connectivity index (χ0) is 17.9. The van der Waals surface area contributed by atoms with Crippen molar-refractivity contribution >= 4 is 11.1 Å². The molecule has 1 aromatic rings. The first-order valence-corrected chi connectivity index (χ1v) is 9.75. The molecule has 1 fully saturated rings. The maximum Gasteiger partial charge on any atom is 0.234 e. The maximum absolute atomic E-state index is 11.8. The number of aromatic nitrogens is 1.